The predicted molar refractivity (Wildman–Crippen MR) is 72.3 cm³/mol. The van der Waals surface area contributed by atoms with E-state index in [1.807, 2.05) is 31.2 Å². The summed E-state index contributed by atoms with van der Waals surface area (Å²) < 4.78 is 0. The van der Waals surface area contributed by atoms with Crippen LogP contribution in [-0.4, -0.2) is 28.1 Å². The summed E-state index contributed by atoms with van der Waals surface area (Å²) in [6.45, 7) is 1.98. The van der Waals surface area contributed by atoms with Gasteiger partial charge in [-0.1, -0.05) is 18.2 Å². The number of benzene rings is 1. The molecule has 0 radical (unpaired) electrons. The molecular formula is C14H16N4O. The Bertz CT molecular complexity index is 615. The molecule has 0 aliphatic heterocycles. The maximum Gasteiger partial charge on any atom is 0.297 e. The second kappa shape index (κ2) is 4.50. The molecule has 0 unspecified atom stereocenters. The number of aromatic nitrogens is 3. The van der Waals surface area contributed by atoms with Crippen LogP contribution in [0.3, 0.4) is 0 Å². The molecule has 1 N–H and O–H groups in total. The summed E-state index contributed by atoms with van der Waals surface area (Å²) in [6, 6.07) is 7.77. The number of aryl methyl sites for hydroxylation is 1. The van der Waals surface area contributed by atoms with E-state index in [9.17, 15) is 4.79 Å². The Morgan fingerprint density at radius 2 is 2.11 bits per heavy atom. The Morgan fingerprint density at radius 3 is 2.79 bits per heavy atom. The molecule has 98 valence electrons. The zero-order chi connectivity index (χ0) is 13.4. The van der Waals surface area contributed by atoms with Gasteiger partial charge in [-0.2, -0.15) is 0 Å². The molecule has 1 fully saturated rings. The highest BCUT2D eigenvalue weighted by molar-refractivity contribution is 6.03. The molecule has 0 bridgehead atoms. The minimum atomic E-state index is -0.183. The maximum absolute atomic E-state index is 12.3. The number of carbonyl (C=O) groups excluding carboxylic acids is 1. The monoisotopic (exact) mass is 256 g/mol. The Labute approximate surface area is 111 Å². The van der Waals surface area contributed by atoms with Gasteiger partial charge in [0.25, 0.3) is 5.91 Å². The maximum atomic E-state index is 12.3. The number of carbonyl (C=O) groups is 1. The van der Waals surface area contributed by atoms with E-state index in [1.54, 1.807) is 11.9 Å². The van der Waals surface area contributed by atoms with Crippen molar-refractivity contribution in [1.82, 2.24) is 15.2 Å². The second-order valence-electron chi connectivity index (χ2n) is 4.97. The molecule has 0 saturated heterocycles. The van der Waals surface area contributed by atoms with Crippen LogP contribution in [0.1, 0.15) is 40.8 Å². The van der Waals surface area contributed by atoms with Crippen LogP contribution in [0, 0.1) is 6.92 Å². The number of amides is 1. The standard InChI is InChI=1S/C14H16N4O/c1-9-5-3-4-6-11(9)18(2)14(19)13-15-12(16-17-13)10-7-8-10/h3-6,10H,7-8H2,1-2H3,(H,15,16,17). The lowest BCUT2D eigenvalue weighted by Crippen LogP contribution is -2.28. The van der Waals surface area contributed by atoms with Gasteiger partial charge in [-0.25, -0.2) is 4.98 Å². The fourth-order valence-corrected chi connectivity index (χ4v) is 2.11. The number of para-hydroxylation sites is 1. The van der Waals surface area contributed by atoms with Gasteiger partial charge in [-0.05, 0) is 31.4 Å². The van der Waals surface area contributed by atoms with Crippen LogP contribution in [0.5, 0.6) is 0 Å². The van der Waals surface area contributed by atoms with E-state index in [-0.39, 0.29) is 11.7 Å². The van der Waals surface area contributed by atoms with Crippen molar-refractivity contribution >= 4 is 11.6 Å². The first-order chi connectivity index (χ1) is 9.16. The topological polar surface area (TPSA) is 61.9 Å². The molecule has 3 rings (SSSR count). The van der Waals surface area contributed by atoms with Gasteiger partial charge in [0.05, 0.1) is 0 Å². The highest BCUT2D eigenvalue weighted by Gasteiger charge is 2.29. The van der Waals surface area contributed by atoms with E-state index >= 15 is 0 Å². The minimum absolute atomic E-state index is 0.183. The van der Waals surface area contributed by atoms with E-state index in [2.05, 4.69) is 15.2 Å². The SMILES string of the molecule is Cc1ccccc1N(C)C(=O)c1n[nH]c(C2CC2)n1. The fraction of sp³-hybridized carbons (Fsp3) is 0.357. The highest BCUT2D eigenvalue weighted by atomic mass is 16.2. The number of aromatic amines is 1. The van der Waals surface area contributed by atoms with Crippen LogP contribution in [0.25, 0.3) is 0 Å². The van der Waals surface area contributed by atoms with E-state index in [4.69, 9.17) is 0 Å². The predicted octanol–water partition coefficient (Wildman–Crippen LogP) is 2.27. The molecule has 19 heavy (non-hydrogen) atoms. The number of hydrogen-bond acceptors (Lipinski definition) is 3. The molecule has 0 atom stereocenters. The lowest BCUT2D eigenvalue weighted by atomic mass is 10.2. The molecule has 1 amide bonds. The van der Waals surface area contributed by atoms with E-state index in [1.165, 1.54) is 0 Å². The quantitative estimate of drug-likeness (QED) is 0.916. The van der Waals surface area contributed by atoms with Gasteiger partial charge < -0.3 is 4.90 Å². The number of nitrogens with one attached hydrogen (secondary N) is 1. The first kappa shape index (κ1) is 11.9. The molecule has 1 aliphatic carbocycles. The van der Waals surface area contributed by atoms with Crippen molar-refractivity contribution in [3.63, 3.8) is 0 Å². The summed E-state index contributed by atoms with van der Waals surface area (Å²) >= 11 is 0. The van der Waals surface area contributed by atoms with Crippen LogP contribution < -0.4 is 4.90 Å². The van der Waals surface area contributed by atoms with Gasteiger partial charge in [0.15, 0.2) is 0 Å². The van der Waals surface area contributed by atoms with Crippen LogP contribution in [0.4, 0.5) is 5.69 Å². The molecule has 5 heteroatoms. The Kier molecular flexibility index (Phi) is 2.81. The summed E-state index contributed by atoms with van der Waals surface area (Å²) in [7, 11) is 1.75. The molecule has 2 aromatic rings. The van der Waals surface area contributed by atoms with E-state index < -0.39 is 0 Å². The molecule has 1 heterocycles. The van der Waals surface area contributed by atoms with Gasteiger partial charge in [0, 0.05) is 18.7 Å². The summed E-state index contributed by atoms with van der Waals surface area (Å²) in [4.78, 5) is 18.2. The Morgan fingerprint density at radius 1 is 1.37 bits per heavy atom. The van der Waals surface area contributed by atoms with Crippen molar-refractivity contribution in [3.8, 4) is 0 Å². The summed E-state index contributed by atoms with van der Waals surface area (Å²) in [6.07, 6.45) is 2.27. The fourth-order valence-electron chi connectivity index (χ4n) is 2.11. The van der Waals surface area contributed by atoms with Crippen molar-refractivity contribution in [2.24, 2.45) is 0 Å². The summed E-state index contributed by atoms with van der Waals surface area (Å²) in [5.74, 6) is 1.37. The van der Waals surface area contributed by atoms with Crippen molar-refractivity contribution < 1.29 is 4.79 Å². The van der Waals surface area contributed by atoms with Crippen molar-refractivity contribution in [3.05, 3.63) is 41.5 Å². The average Bonchev–Trinajstić information content (AvgIpc) is 3.16. The van der Waals surface area contributed by atoms with Gasteiger partial charge in [-0.3, -0.25) is 9.89 Å². The Hall–Kier alpha value is -2.17. The number of hydrogen-bond donors (Lipinski definition) is 1. The third-order valence-electron chi connectivity index (χ3n) is 3.44. The first-order valence-electron chi connectivity index (χ1n) is 6.43. The lowest BCUT2D eigenvalue weighted by Gasteiger charge is -2.17. The first-order valence-corrected chi connectivity index (χ1v) is 6.43. The molecule has 5 nitrogen and oxygen atoms in total. The molecule has 1 aromatic carbocycles. The van der Waals surface area contributed by atoms with E-state index in [0.29, 0.717) is 5.92 Å². The minimum Gasteiger partial charge on any atom is -0.308 e. The van der Waals surface area contributed by atoms with Crippen LogP contribution in [0.15, 0.2) is 24.3 Å². The van der Waals surface area contributed by atoms with Crippen LogP contribution in [-0.2, 0) is 0 Å². The number of rotatable bonds is 3. The van der Waals surface area contributed by atoms with Gasteiger partial charge in [0.2, 0.25) is 5.82 Å². The largest absolute Gasteiger partial charge is 0.308 e. The zero-order valence-corrected chi connectivity index (χ0v) is 11.1. The van der Waals surface area contributed by atoms with Gasteiger partial charge in [0.1, 0.15) is 5.82 Å². The smallest absolute Gasteiger partial charge is 0.297 e. The average molecular weight is 256 g/mol. The van der Waals surface area contributed by atoms with Crippen molar-refractivity contribution in [2.75, 3.05) is 11.9 Å². The molecule has 1 aliphatic rings. The number of anilines is 1. The highest BCUT2D eigenvalue weighted by Crippen LogP contribution is 2.37. The van der Waals surface area contributed by atoms with E-state index in [0.717, 1.165) is 29.9 Å². The Balaban J connectivity index is 1.84. The van der Waals surface area contributed by atoms with Crippen molar-refractivity contribution in [1.29, 1.82) is 0 Å². The number of H-pyrrole nitrogens is 1. The molecular weight excluding hydrogens is 240 g/mol. The van der Waals surface area contributed by atoms with Crippen LogP contribution >= 0.6 is 0 Å². The van der Waals surface area contributed by atoms with Gasteiger partial charge in [-0.15, -0.1) is 5.10 Å². The second-order valence-corrected chi connectivity index (χ2v) is 4.97. The summed E-state index contributed by atoms with van der Waals surface area (Å²) in [5.41, 5.74) is 1.93. The lowest BCUT2D eigenvalue weighted by molar-refractivity contribution is 0.0983. The normalized spacial score (nSPS) is 14.4. The molecule has 1 saturated carbocycles. The molecule has 1 aromatic heterocycles. The van der Waals surface area contributed by atoms with Crippen molar-refractivity contribution in [2.45, 2.75) is 25.7 Å². The zero-order valence-electron chi connectivity index (χ0n) is 11.1. The van der Waals surface area contributed by atoms with Gasteiger partial charge >= 0.3 is 0 Å². The third-order valence-corrected chi connectivity index (χ3v) is 3.44. The third kappa shape index (κ3) is 2.23. The number of nitrogens with zero attached hydrogens (tertiary/aromatic N) is 3. The summed E-state index contributed by atoms with van der Waals surface area (Å²) in [5, 5.41) is 6.89. The van der Waals surface area contributed by atoms with Crippen LogP contribution in [0.2, 0.25) is 0 Å². The molecule has 0 spiro atoms.